The van der Waals surface area contributed by atoms with Crippen molar-refractivity contribution < 1.29 is 4.99 Å². The molecule has 0 aromatic rings. The number of nitrogens with two attached hydrogens (primary N) is 2. The van der Waals surface area contributed by atoms with E-state index >= 15 is 0 Å². The molecule has 0 bridgehead atoms. The number of hydrogen-bond acceptors (Lipinski definition) is 1. The highest BCUT2D eigenvalue weighted by Gasteiger charge is 2.19. The van der Waals surface area contributed by atoms with Crippen LogP contribution in [0.5, 0.6) is 0 Å². The third-order valence-electron chi connectivity index (χ3n) is 2.71. The summed E-state index contributed by atoms with van der Waals surface area (Å²) in [6.45, 7) is 19.2. The van der Waals surface area contributed by atoms with Gasteiger partial charge in [0.25, 0.3) is 0 Å². The summed E-state index contributed by atoms with van der Waals surface area (Å²) in [5, 5.41) is 0. The molecule has 1 aliphatic heterocycles. The second-order valence-corrected chi connectivity index (χ2v) is 4.11. The molecule has 0 aliphatic carbocycles. The quantitative estimate of drug-likeness (QED) is 0.363. The molecule has 0 radical (unpaired) electrons. The fourth-order valence-corrected chi connectivity index (χ4v) is 1.87. The molecule has 19 heavy (non-hydrogen) atoms. The molecule has 1 aliphatic rings. The first-order chi connectivity index (χ1) is 8.99. The van der Waals surface area contributed by atoms with Crippen LogP contribution in [0.1, 0.15) is 13.8 Å². The normalized spacial score (nSPS) is 13.9. The van der Waals surface area contributed by atoms with Crippen molar-refractivity contribution in [3.63, 3.8) is 0 Å². The van der Waals surface area contributed by atoms with Gasteiger partial charge in [0.2, 0.25) is 0 Å². The second-order valence-electron chi connectivity index (χ2n) is 4.11. The van der Waals surface area contributed by atoms with Gasteiger partial charge in [-0.1, -0.05) is 0 Å². The van der Waals surface area contributed by atoms with Crippen molar-refractivity contribution in [2.75, 3.05) is 13.1 Å². The fraction of sp³-hybridized carbons (Fsp3) is 0.308. The average Bonchev–Trinajstić information content (AvgIpc) is 2.34. The average molecular weight is 257 g/mol. The molecular weight excluding hydrogens is 240 g/mol. The van der Waals surface area contributed by atoms with Gasteiger partial charge < -0.3 is 4.90 Å². The molecule has 0 fully saturated rings. The fourth-order valence-electron chi connectivity index (χ4n) is 1.87. The van der Waals surface area contributed by atoms with Gasteiger partial charge in [-0.05, 0) is 26.0 Å². The Morgan fingerprint density at radius 1 is 1.21 bits per heavy atom. The summed E-state index contributed by atoms with van der Waals surface area (Å²) in [4.78, 5) is 11.4. The van der Waals surface area contributed by atoms with Crippen molar-refractivity contribution in [3.8, 4) is 0 Å². The largest absolute Gasteiger partial charge is 0.526 e. The summed E-state index contributed by atoms with van der Waals surface area (Å²) in [5.74, 6) is 0.292. The minimum atomic E-state index is 0.0935. The van der Waals surface area contributed by atoms with E-state index in [2.05, 4.69) is 19.6 Å². The lowest BCUT2D eigenvalue weighted by molar-refractivity contribution is -0.458. The Morgan fingerprint density at radius 3 is 2.16 bits per heavy atom. The zero-order valence-electron chi connectivity index (χ0n) is 11.1. The van der Waals surface area contributed by atoms with E-state index in [0.29, 0.717) is 18.7 Å². The van der Waals surface area contributed by atoms with E-state index in [1.54, 1.807) is 0 Å². The van der Waals surface area contributed by atoms with Gasteiger partial charge in [-0.15, -0.1) is 0 Å². The Bertz CT molecular complexity index is 523. The van der Waals surface area contributed by atoms with E-state index < -0.39 is 0 Å². The Hall–Kier alpha value is -2.73. The first-order valence-electron chi connectivity index (χ1n) is 5.74. The van der Waals surface area contributed by atoms with Crippen molar-refractivity contribution in [1.29, 1.82) is 0 Å². The van der Waals surface area contributed by atoms with Gasteiger partial charge in [0.1, 0.15) is 13.1 Å². The van der Waals surface area contributed by atoms with E-state index in [1.165, 1.54) is 0 Å². The molecule has 0 saturated carbocycles. The van der Waals surface area contributed by atoms with Crippen LogP contribution in [0, 0.1) is 13.1 Å². The number of nitrogens with zero attached hydrogens (tertiary/aromatic N) is 3. The first-order valence-corrected chi connectivity index (χ1v) is 5.74. The van der Waals surface area contributed by atoms with Crippen LogP contribution >= 0.6 is 0 Å². The van der Waals surface area contributed by atoms with Crippen LogP contribution < -0.4 is 16.5 Å². The molecule has 6 nitrogen and oxygen atoms in total. The van der Waals surface area contributed by atoms with Gasteiger partial charge in [-0.3, -0.25) is 16.5 Å². The predicted octanol–water partition coefficient (Wildman–Crippen LogP) is -0.486. The minimum absolute atomic E-state index is 0.0935. The predicted molar refractivity (Wildman–Crippen MR) is 73.7 cm³/mol. The second kappa shape index (κ2) is 6.27. The van der Waals surface area contributed by atoms with Gasteiger partial charge in [0, 0.05) is 11.4 Å². The molecular formula is C13H17N6+. The van der Waals surface area contributed by atoms with Crippen molar-refractivity contribution in [3.05, 3.63) is 57.8 Å². The maximum Gasteiger partial charge on any atom is 0.526 e. The summed E-state index contributed by atoms with van der Waals surface area (Å²) in [5.41, 5.74) is 13.3. The van der Waals surface area contributed by atoms with E-state index in [-0.39, 0.29) is 11.8 Å². The number of hydrogen-bond donors (Lipinski definition) is 3. The molecule has 0 aromatic carbocycles. The molecule has 0 atom stereocenters. The Balaban J connectivity index is 2.95. The molecule has 0 amide bonds. The van der Waals surface area contributed by atoms with Gasteiger partial charge in [-0.2, -0.15) is 9.69 Å². The summed E-state index contributed by atoms with van der Waals surface area (Å²) in [6, 6.07) is 0. The van der Waals surface area contributed by atoms with Crippen LogP contribution in [0.15, 0.2) is 34.9 Å². The molecule has 6 heteroatoms. The zero-order chi connectivity index (χ0) is 14.4. The number of allylic oxidation sites excluding steroid dienone is 5. The third kappa shape index (κ3) is 3.62. The molecule has 0 unspecified atom stereocenters. The summed E-state index contributed by atoms with van der Waals surface area (Å²) >= 11 is 0. The maximum absolute atomic E-state index is 6.98. The molecule has 98 valence electrons. The zero-order valence-corrected chi connectivity index (χ0v) is 11.1. The molecule has 0 saturated heterocycles. The summed E-state index contributed by atoms with van der Waals surface area (Å²) in [6.07, 6.45) is 3.68. The Morgan fingerprint density at radius 2 is 1.74 bits per heavy atom. The molecule has 0 aromatic heterocycles. The van der Waals surface area contributed by atoms with Crippen molar-refractivity contribution >= 4 is 5.96 Å². The van der Waals surface area contributed by atoms with Crippen LogP contribution in [0.4, 0.5) is 0 Å². The molecule has 5 N–H and O–H groups in total. The van der Waals surface area contributed by atoms with Gasteiger partial charge in [0.15, 0.2) is 0 Å². The maximum atomic E-state index is 6.98. The third-order valence-corrected chi connectivity index (χ3v) is 2.71. The van der Waals surface area contributed by atoms with Gasteiger partial charge in [0.05, 0.1) is 18.7 Å². The van der Waals surface area contributed by atoms with Crippen molar-refractivity contribution in [2.24, 2.45) is 11.5 Å². The lowest BCUT2D eigenvalue weighted by Crippen LogP contribution is -2.79. The summed E-state index contributed by atoms with van der Waals surface area (Å²) < 4.78 is 0. The van der Waals surface area contributed by atoms with Crippen LogP contribution in [-0.2, 0) is 0 Å². The number of nitrogens with one attached hydrogen (secondary N) is 1. The number of rotatable bonds is 3. The van der Waals surface area contributed by atoms with E-state index in [1.807, 2.05) is 26.0 Å². The SMILES string of the molecule is [C-]#[N+]C([N+]#[C-])=C1C=C(C)N(CC[NH+]=C(N)N)C(C)=C1. The van der Waals surface area contributed by atoms with E-state index in [0.717, 1.165) is 11.4 Å². The standard InChI is InChI=1S/C13H16N6/c1-9-7-11(12(16-3)17-4)8-10(2)19(9)6-5-18-13(14)15/h7-8H,5-6H2,1-2H3,(H4,14,15,18)/p+1. The highest BCUT2D eigenvalue weighted by Crippen LogP contribution is 2.24. The highest BCUT2D eigenvalue weighted by molar-refractivity contribution is 5.69. The van der Waals surface area contributed by atoms with Crippen LogP contribution in [0.3, 0.4) is 0 Å². The first kappa shape index (κ1) is 14.3. The van der Waals surface area contributed by atoms with Gasteiger partial charge in [-0.25, -0.2) is 0 Å². The minimum Gasteiger partial charge on any atom is -0.346 e. The number of guanidine groups is 1. The monoisotopic (exact) mass is 257 g/mol. The van der Waals surface area contributed by atoms with Gasteiger partial charge >= 0.3 is 11.8 Å². The van der Waals surface area contributed by atoms with Crippen molar-refractivity contribution in [1.82, 2.24) is 4.90 Å². The van der Waals surface area contributed by atoms with Crippen LogP contribution in [0.2, 0.25) is 0 Å². The van der Waals surface area contributed by atoms with E-state index in [9.17, 15) is 0 Å². The topological polar surface area (TPSA) is 78.0 Å². The molecule has 1 heterocycles. The Kier molecular flexibility index (Phi) is 4.73. The van der Waals surface area contributed by atoms with Crippen molar-refractivity contribution in [2.45, 2.75) is 13.8 Å². The highest BCUT2D eigenvalue weighted by atomic mass is 15.2. The lowest BCUT2D eigenvalue weighted by Gasteiger charge is -2.28. The molecule has 0 spiro atoms. The summed E-state index contributed by atoms with van der Waals surface area (Å²) in [7, 11) is 0. The Labute approximate surface area is 113 Å². The smallest absolute Gasteiger partial charge is 0.346 e. The van der Waals surface area contributed by atoms with Crippen LogP contribution in [0.25, 0.3) is 9.69 Å². The molecule has 1 rings (SSSR count). The lowest BCUT2D eigenvalue weighted by atomic mass is 10.1. The van der Waals surface area contributed by atoms with Crippen LogP contribution in [-0.4, -0.2) is 23.9 Å². The van der Waals surface area contributed by atoms with E-state index in [4.69, 9.17) is 24.6 Å².